The van der Waals surface area contributed by atoms with Crippen LogP contribution < -0.4 is 5.32 Å². The molecule has 1 saturated heterocycles. The van der Waals surface area contributed by atoms with Gasteiger partial charge in [-0.15, -0.1) is 5.06 Å². The maximum Gasteiger partial charge on any atom is 0.408 e. The van der Waals surface area contributed by atoms with E-state index in [1.807, 2.05) is 6.07 Å². The lowest BCUT2D eigenvalue weighted by molar-refractivity contribution is -0.199. The summed E-state index contributed by atoms with van der Waals surface area (Å²) in [4.78, 5) is 65.4. The van der Waals surface area contributed by atoms with Crippen LogP contribution in [0.15, 0.2) is 60.7 Å². The smallest absolute Gasteiger partial charge is 0.408 e. The lowest BCUT2D eigenvalue weighted by Gasteiger charge is -2.19. The van der Waals surface area contributed by atoms with Crippen LogP contribution in [0.4, 0.5) is 4.79 Å². The zero-order valence-corrected chi connectivity index (χ0v) is 17.6. The van der Waals surface area contributed by atoms with E-state index in [0.29, 0.717) is 10.6 Å². The van der Waals surface area contributed by atoms with E-state index in [9.17, 15) is 24.0 Å². The van der Waals surface area contributed by atoms with Crippen molar-refractivity contribution in [3.05, 3.63) is 71.8 Å². The van der Waals surface area contributed by atoms with E-state index in [2.05, 4.69) is 5.32 Å². The number of nitrogens with one attached hydrogen (secondary N) is 1. The van der Waals surface area contributed by atoms with Gasteiger partial charge in [0.05, 0.1) is 6.42 Å². The van der Waals surface area contributed by atoms with Crippen molar-refractivity contribution in [2.45, 2.75) is 38.5 Å². The molecule has 3 rings (SSSR count). The third kappa shape index (κ3) is 7.17. The van der Waals surface area contributed by atoms with E-state index < -0.39 is 42.3 Å². The van der Waals surface area contributed by atoms with Crippen LogP contribution >= 0.6 is 0 Å². The number of rotatable bonds is 9. The molecule has 0 saturated carbocycles. The average Bonchev–Trinajstić information content (AvgIpc) is 3.14. The van der Waals surface area contributed by atoms with E-state index in [1.54, 1.807) is 54.6 Å². The van der Waals surface area contributed by atoms with Crippen molar-refractivity contribution in [3.63, 3.8) is 0 Å². The van der Waals surface area contributed by atoms with Crippen molar-refractivity contribution in [2.24, 2.45) is 0 Å². The van der Waals surface area contributed by atoms with E-state index in [-0.39, 0.29) is 26.1 Å². The minimum atomic E-state index is -1.54. The first-order chi connectivity index (χ1) is 15.9. The highest BCUT2D eigenvalue weighted by Gasteiger charge is 2.36. The second-order valence-electron chi connectivity index (χ2n) is 7.10. The molecule has 10 heteroatoms. The number of carbonyl (C=O) groups excluding carboxylic acids is 5. The third-order valence-corrected chi connectivity index (χ3v) is 4.59. The molecule has 2 aromatic rings. The molecule has 10 nitrogen and oxygen atoms in total. The fraction of sp³-hybridized carbons (Fsp3) is 0.261. The minimum absolute atomic E-state index is 0.0387. The Hall–Kier alpha value is -4.21. The summed E-state index contributed by atoms with van der Waals surface area (Å²) in [6.45, 7) is -0.112. The minimum Gasteiger partial charge on any atom is -0.461 e. The van der Waals surface area contributed by atoms with Gasteiger partial charge in [-0.05, 0) is 11.1 Å². The van der Waals surface area contributed by atoms with Crippen molar-refractivity contribution in [1.29, 1.82) is 0 Å². The van der Waals surface area contributed by atoms with Crippen LogP contribution in [0.5, 0.6) is 0 Å². The predicted molar refractivity (Wildman–Crippen MR) is 112 cm³/mol. The summed E-state index contributed by atoms with van der Waals surface area (Å²) in [6, 6.07) is 16.1. The highest BCUT2D eigenvalue weighted by Crippen LogP contribution is 2.14. The molecule has 3 amide bonds. The molecule has 0 unspecified atom stereocenters. The van der Waals surface area contributed by atoms with Gasteiger partial charge in [-0.25, -0.2) is 9.59 Å². The molecule has 0 radical (unpaired) electrons. The molecule has 0 spiro atoms. The monoisotopic (exact) mass is 454 g/mol. The summed E-state index contributed by atoms with van der Waals surface area (Å²) in [5, 5.41) is 2.57. The van der Waals surface area contributed by atoms with Crippen molar-refractivity contribution >= 4 is 29.8 Å². The molecule has 0 bridgehead atoms. The second kappa shape index (κ2) is 11.4. The molecule has 1 heterocycles. The molecular formula is C23H22N2O8. The van der Waals surface area contributed by atoms with E-state index in [0.717, 1.165) is 5.56 Å². The van der Waals surface area contributed by atoms with Gasteiger partial charge in [0.15, 0.2) is 0 Å². The largest absolute Gasteiger partial charge is 0.461 e. The standard InChI is InChI=1S/C23H22N2O8/c26-19-11-12-20(27)25(19)33-22(29)18(13-21(28)31-14-16-7-3-1-4-8-16)24-23(30)32-15-17-9-5-2-6-10-17/h1-10,18H,11-15H2,(H,24,30)/t18-/m1/s1. The first-order valence-corrected chi connectivity index (χ1v) is 10.2. The number of alkyl carbamates (subject to hydrolysis) is 1. The summed E-state index contributed by atoms with van der Waals surface area (Å²) >= 11 is 0. The van der Waals surface area contributed by atoms with Gasteiger partial charge in [-0.1, -0.05) is 60.7 Å². The third-order valence-electron chi connectivity index (χ3n) is 4.59. The molecule has 172 valence electrons. The Morgan fingerprint density at radius 3 is 1.88 bits per heavy atom. The van der Waals surface area contributed by atoms with E-state index in [1.165, 1.54) is 0 Å². The zero-order valence-electron chi connectivity index (χ0n) is 17.6. The SMILES string of the molecule is O=C(C[C@@H](NC(=O)OCc1ccccc1)C(=O)ON1C(=O)CCC1=O)OCc1ccccc1. The second-order valence-corrected chi connectivity index (χ2v) is 7.10. The lowest BCUT2D eigenvalue weighted by Crippen LogP contribution is -2.46. The zero-order chi connectivity index (χ0) is 23.6. The molecule has 0 aromatic heterocycles. The molecule has 1 fully saturated rings. The van der Waals surface area contributed by atoms with Crippen LogP contribution in [-0.2, 0) is 46.7 Å². The van der Waals surface area contributed by atoms with Crippen LogP contribution in [0, 0.1) is 0 Å². The van der Waals surface area contributed by atoms with E-state index >= 15 is 0 Å². The lowest BCUT2D eigenvalue weighted by atomic mass is 10.2. The highest BCUT2D eigenvalue weighted by atomic mass is 16.7. The Morgan fingerprint density at radius 1 is 0.818 bits per heavy atom. The Bertz CT molecular complexity index is 936. The van der Waals surface area contributed by atoms with Crippen molar-refractivity contribution in [1.82, 2.24) is 10.4 Å². The number of amides is 3. The van der Waals surface area contributed by atoms with Crippen LogP contribution in [0.3, 0.4) is 0 Å². The first-order valence-electron chi connectivity index (χ1n) is 10.2. The fourth-order valence-corrected chi connectivity index (χ4v) is 2.88. The molecule has 0 aliphatic carbocycles. The average molecular weight is 454 g/mol. The van der Waals surface area contributed by atoms with Gasteiger partial charge in [0.2, 0.25) is 0 Å². The van der Waals surface area contributed by atoms with Gasteiger partial charge in [-0.2, -0.15) is 0 Å². The number of carbonyl (C=O) groups is 5. The van der Waals surface area contributed by atoms with Crippen LogP contribution in [0.25, 0.3) is 0 Å². The van der Waals surface area contributed by atoms with Gasteiger partial charge < -0.3 is 19.6 Å². The van der Waals surface area contributed by atoms with Crippen LogP contribution in [0.1, 0.15) is 30.4 Å². The van der Waals surface area contributed by atoms with E-state index in [4.69, 9.17) is 14.3 Å². The van der Waals surface area contributed by atoms with Crippen molar-refractivity contribution < 1.29 is 38.3 Å². The quantitative estimate of drug-likeness (QED) is 0.450. The number of benzene rings is 2. The topological polar surface area (TPSA) is 128 Å². The summed E-state index contributed by atoms with van der Waals surface area (Å²) < 4.78 is 10.2. The van der Waals surface area contributed by atoms with Crippen molar-refractivity contribution in [3.8, 4) is 0 Å². The van der Waals surface area contributed by atoms with Gasteiger partial charge in [-0.3, -0.25) is 14.4 Å². The van der Waals surface area contributed by atoms with Gasteiger partial charge in [0.1, 0.15) is 19.3 Å². The molecular weight excluding hydrogens is 432 g/mol. The van der Waals surface area contributed by atoms with Crippen LogP contribution in [-0.4, -0.2) is 41.0 Å². The molecule has 33 heavy (non-hydrogen) atoms. The summed E-state index contributed by atoms with van der Waals surface area (Å²) in [5.41, 5.74) is 1.44. The number of hydroxylamine groups is 2. The Balaban J connectivity index is 1.60. The number of nitrogens with zero attached hydrogens (tertiary/aromatic N) is 1. The predicted octanol–water partition coefficient (Wildman–Crippen LogP) is 2.02. The van der Waals surface area contributed by atoms with Gasteiger partial charge >= 0.3 is 18.0 Å². The Kier molecular flexibility index (Phi) is 8.12. The molecule has 1 aliphatic rings. The van der Waals surface area contributed by atoms with Crippen molar-refractivity contribution in [2.75, 3.05) is 0 Å². The molecule has 2 aromatic carbocycles. The molecule has 1 atom stereocenters. The number of ether oxygens (including phenoxy) is 2. The number of imide groups is 1. The van der Waals surface area contributed by atoms with Gasteiger partial charge in [0.25, 0.3) is 11.8 Å². The number of hydrogen-bond acceptors (Lipinski definition) is 8. The maximum absolute atomic E-state index is 12.6. The fourth-order valence-electron chi connectivity index (χ4n) is 2.88. The summed E-state index contributed by atoms with van der Waals surface area (Å²) in [5.74, 6) is -3.36. The Morgan fingerprint density at radius 2 is 1.33 bits per heavy atom. The summed E-state index contributed by atoms with van der Waals surface area (Å²) in [7, 11) is 0. The number of esters is 1. The summed E-state index contributed by atoms with van der Waals surface area (Å²) in [6.07, 6.45) is -1.77. The molecule has 1 aliphatic heterocycles. The highest BCUT2D eigenvalue weighted by molar-refractivity contribution is 6.02. The number of hydrogen-bond donors (Lipinski definition) is 1. The van der Waals surface area contributed by atoms with Gasteiger partial charge in [0, 0.05) is 12.8 Å². The maximum atomic E-state index is 12.6. The molecule has 1 N–H and O–H groups in total. The first kappa shape index (κ1) is 23.5. The van der Waals surface area contributed by atoms with Crippen LogP contribution in [0.2, 0.25) is 0 Å². The Labute approximate surface area is 189 Å². The normalized spacial score (nSPS) is 13.9.